The molecule has 0 atom stereocenters. The number of nitrogens with zero attached hydrogens (tertiary/aromatic N) is 2. The fourth-order valence-corrected chi connectivity index (χ4v) is 2.61. The van der Waals surface area contributed by atoms with Gasteiger partial charge in [0, 0.05) is 19.8 Å². The molecule has 3 N–H and O–H groups in total. The number of H-pyrrole nitrogens is 1. The Morgan fingerprint density at radius 1 is 1.25 bits per heavy atom. The van der Waals surface area contributed by atoms with Crippen LogP contribution in [0.25, 0.3) is 11.0 Å². The molecule has 0 radical (unpaired) electrons. The standard InChI is InChI=1S/C19H17N5O4/c1-3-8-20-17(26)12-6-4-5-7-14(12)22-16(25)11-9-13-15(21-10-11)24(2)19(28)23-18(13)27/h3-7,9-10H,1,8H2,2H3,(H,20,26)(H,22,25)(H,23,27,28). The molecule has 3 rings (SSSR count). The minimum absolute atomic E-state index is 0.103. The molecule has 0 aliphatic rings. The summed E-state index contributed by atoms with van der Waals surface area (Å²) in [6, 6.07) is 7.87. The minimum Gasteiger partial charge on any atom is -0.349 e. The molecule has 0 fully saturated rings. The molecule has 0 bridgehead atoms. The van der Waals surface area contributed by atoms with Crippen molar-refractivity contribution >= 4 is 28.5 Å². The summed E-state index contributed by atoms with van der Waals surface area (Å²) in [6.07, 6.45) is 2.81. The molecule has 2 amide bonds. The fraction of sp³-hybridized carbons (Fsp3) is 0.105. The number of rotatable bonds is 5. The molecule has 0 aliphatic carbocycles. The maximum absolute atomic E-state index is 12.6. The fourth-order valence-electron chi connectivity index (χ4n) is 2.61. The lowest BCUT2D eigenvalue weighted by atomic mass is 10.1. The van der Waals surface area contributed by atoms with Crippen LogP contribution in [0.4, 0.5) is 5.69 Å². The summed E-state index contributed by atoms with van der Waals surface area (Å²) >= 11 is 0. The van der Waals surface area contributed by atoms with Crippen molar-refractivity contribution in [3.63, 3.8) is 0 Å². The Morgan fingerprint density at radius 2 is 2.00 bits per heavy atom. The molecule has 9 nitrogen and oxygen atoms in total. The lowest BCUT2D eigenvalue weighted by molar-refractivity contribution is 0.0959. The van der Waals surface area contributed by atoms with Crippen molar-refractivity contribution in [2.45, 2.75) is 0 Å². The van der Waals surface area contributed by atoms with Gasteiger partial charge in [-0.25, -0.2) is 9.78 Å². The van der Waals surface area contributed by atoms with E-state index in [-0.39, 0.29) is 34.6 Å². The van der Waals surface area contributed by atoms with Gasteiger partial charge in [0.25, 0.3) is 17.4 Å². The van der Waals surface area contributed by atoms with Crippen molar-refractivity contribution in [3.05, 3.63) is 81.1 Å². The molecule has 0 spiro atoms. The van der Waals surface area contributed by atoms with Crippen molar-refractivity contribution in [2.24, 2.45) is 7.05 Å². The monoisotopic (exact) mass is 379 g/mol. The lowest BCUT2D eigenvalue weighted by Crippen LogP contribution is -2.29. The van der Waals surface area contributed by atoms with Gasteiger partial charge in [0.05, 0.1) is 22.2 Å². The number of pyridine rings is 1. The van der Waals surface area contributed by atoms with Crippen LogP contribution in [0.15, 0.2) is 58.8 Å². The summed E-state index contributed by atoms with van der Waals surface area (Å²) in [5.41, 5.74) is -0.367. The first kappa shape index (κ1) is 18.8. The summed E-state index contributed by atoms with van der Waals surface area (Å²) in [5.74, 6) is -0.912. The van der Waals surface area contributed by atoms with Crippen molar-refractivity contribution in [2.75, 3.05) is 11.9 Å². The number of hydrogen-bond acceptors (Lipinski definition) is 5. The third-order valence-electron chi connectivity index (χ3n) is 4.04. The van der Waals surface area contributed by atoms with Crippen LogP contribution in [0.3, 0.4) is 0 Å². The van der Waals surface area contributed by atoms with Gasteiger partial charge in [-0.1, -0.05) is 18.2 Å². The molecular weight excluding hydrogens is 362 g/mol. The first-order valence-corrected chi connectivity index (χ1v) is 8.31. The van der Waals surface area contributed by atoms with Gasteiger partial charge in [-0.2, -0.15) is 0 Å². The van der Waals surface area contributed by atoms with Gasteiger partial charge in [-0.05, 0) is 18.2 Å². The second-order valence-corrected chi connectivity index (χ2v) is 5.91. The van der Waals surface area contributed by atoms with E-state index in [2.05, 4.69) is 27.2 Å². The molecule has 2 aromatic heterocycles. The zero-order valence-electron chi connectivity index (χ0n) is 15.0. The highest BCUT2D eigenvalue weighted by Gasteiger charge is 2.15. The average Bonchev–Trinajstić information content (AvgIpc) is 2.70. The number of amides is 2. The highest BCUT2D eigenvalue weighted by atomic mass is 16.2. The zero-order valence-corrected chi connectivity index (χ0v) is 15.0. The molecular formula is C19H17N5O4. The summed E-state index contributed by atoms with van der Waals surface area (Å²) in [7, 11) is 1.46. The Labute approximate surface area is 158 Å². The molecule has 9 heteroatoms. The van der Waals surface area contributed by atoms with E-state index in [9.17, 15) is 19.2 Å². The Balaban J connectivity index is 1.94. The predicted octanol–water partition coefficient (Wildman–Crippen LogP) is 0.790. The normalized spacial score (nSPS) is 10.5. The maximum atomic E-state index is 12.6. The maximum Gasteiger partial charge on any atom is 0.329 e. The number of aromatic nitrogens is 3. The Bertz CT molecular complexity index is 1210. The van der Waals surface area contributed by atoms with Gasteiger partial charge < -0.3 is 10.6 Å². The molecule has 0 aliphatic heterocycles. The quantitative estimate of drug-likeness (QED) is 0.565. The molecule has 1 aromatic carbocycles. The van der Waals surface area contributed by atoms with Gasteiger partial charge >= 0.3 is 5.69 Å². The first-order chi connectivity index (χ1) is 13.4. The highest BCUT2D eigenvalue weighted by molar-refractivity contribution is 6.09. The van der Waals surface area contributed by atoms with E-state index in [1.807, 2.05) is 0 Å². The van der Waals surface area contributed by atoms with Gasteiger partial charge in [-0.15, -0.1) is 6.58 Å². The number of nitrogens with one attached hydrogen (secondary N) is 3. The SMILES string of the molecule is C=CCNC(=O)c1ccccc1NC(=O)c1cnc2c(c1)c(=O)[nH]c(=O)n2C. The van der Waals surface area contributed by atoms with Crippen LogP contribution in [-0.2, 0) is 7.05 Å². The Morgan fingerprint density at radius 3 is 2.75 bits per heavy atom. The molecule has 142 valence electrons. The topological polar surface area (TPSA) is 126 Å². The van der Waals surface area contributed by atoms with Crippen molar-refractivity contribution < 1.29 is 9.59 Å². The number of anilines is 1. The van der Waals surface area contributed by atoms with Crippen LogP contribution in [-0.4, -0.2) is 32.9 Å². The Hall–Kier alpha value is -4.01. The van der Waals surface area contributed by atoms with E-state index in [0.29, 0.717) is 5.69 Å². The number of benzene rings is 1. The zero-order chi connectivity index (χ0) is 20.3. The van der Waals surface area contributed by atoms with E-state index in [1.54, 1.807) is 30.3 Å². The lowest BCUT2D eigenvalue weighted by Gasteiger charge is -2.11. The first-order valence-electron chi connectivity index (χ1n) is 8.31. The van der Waals surface area contributed by atoms with Crippen molar-refractivity contribution in [1.29, 1.82) is 0 Å². The van der Waals surface area contributed by atoms with Gasteiger partial charge in [0.15, 0.2) is 0 Å². The molecule has 0 unspecified atom stereocenters. The third-order valence-corrected chi connectivity index (χ3v) is 4.04. The van der Waals surface area contributed by atoms with Crippen LogP contribution in [0.1, 0.15) is 20.7 Å². The predicted molar refractivity (Wildman–Crippen MR) is 105 cm³/mol. The molecule has 2 heterocycles. The van der Waals surface area contributed by atoms with Gasteiger partial charge in [-0.3, -0.25) is 23.9 Å². The molecule has 3 aromatic rings. The average molecular weight is 379 g/mol. The van der Waals surface area contributed by atoms with E-state index < -0.39 is 17.2 Å². The molecule has 28 heavy (non-hydrogen) atoms. The second-order valence-electron chi connectivity index (χ2n) is 5.91. The van der Waals surface area contributed by atoms with E-state index in [4.69, 9.17) is 0 Å². The summed E-state index contributed by atoms with van der Waals surface area (Å²) in [4.78, 5) is 54.7. The highest BCUT2D eigenvalue weighted by Crippen LogP contribution is 2.17. The Kier molecular flexibility index (Phi) is 5.16. The minimum atomic E-state index is -0.635. The van der Waals surface area contributed by atoms with Gasteiger partial charge in [0.1, 0.15) is 5.65 Å². The number of fused-ring (bicyclic) bond motifs is 1. The van der Waals surface area contributed by atoms with E-state index in [0.717, 1.165) is 0 Å². The van der Waals surface area contributed by atoms with Gasteiger partial charge in [0.2, 0.25) is 0 Å². The number of aromatic amines is 1. The third kappa shape index (κ3) is 3.58. The van der Waals surface area contributed by atoms with Crippen LogP contribution in [0.2, 0.25) is 0 Å². The van der Waals surface area contributed by atoms with Crippen LogP contribution in [0, 0.1) is 0 Å². The van der Waals surface area contributed by atoms with Crippen molar-refractivity contribution in [3.8, 4) is 0 Å². The van der Waals surface area contributed by atoms with Crippen LogP contribution in [0.5, 0.6) is 0 Å². The summed E-state index contributed by atoms with van der Waals surface area (Å²) < 4.78 is 1.18. The summed E-state index contributed by atoms with van der Waals surface area (Å²) in [6.45, 7) is 3.83. The molecule has 0 saturated carbocycles. The molecule has 0 saturated heterocycles. The van der Waals surface area contributed by atoms with Crippen LogP contribution < -0.4 is 21.9 Å². The summed E-state index contributed by atoms with van der Waals surface area (Å²) in [5, 5.41) is 5.40. The van der Waals surface area contributed by atoms with E-state index in [1.165, 1.54) is 23.9 Å². The number of carbonyl (C=O) groups excluding carboxylic acids is 2. The number of aryl methyl sites for hydroxylation is 1. The van der Waals surface area contributed by atoms with E-state index >= 15 is 0 Å². The smallest absolute Gasteiger partial charge is 0.329 e. The largest absolute Gasteiger partial charge is 0.349 e. The van der Waals surface area contributed by atoms with Crippen LogP contribution >= 0.6 is 0 Å². The number of para-hydroxylation sites is 1. The number of hydrogen-bond donors (Lipinski definition) is 3. The van der Waals surface area contributed by atoms with Crippen molar-refractivity contribution in [1.82, 2.24) is 19.9 Å². The second kappa shape index (κ2) is 7.70. The number of carbonyl (C=O) groups is 2.